The number of rotatable bonds is 3. The van der Waals surface area contributed by atoms with Crippen LogP contribution >= 0.6 is 0 Å². The predicted octanol–water partition coefficient (Wildman–Crippen LogP) is 1.08. The fourth-order valence-electron chi connectivity index (χ4n) is 3.12. The molecule has 0 saturated carbocycles. The molecule has 3 heterocycles. The van der Waals surface area contributed by atoms with Crippen LogP contribution < -0.4 is 14.4 Å². The average Bonchev–Trinajstić information content (AvgIpc) is 3.00. The van der Waals surface area contributed by atoms with E-state index in [4.69, 9.17) is 14.6 Å². The van der Waals surface area contributed by atoms with Crippen molar-refractivity contribution in [2.24, 2.45) is 0 Å². The van der Waals surface area contributed by atoms with E-state index in [1.165, 1.54) is 0 Å². The molecular formula is C16H19N3O3. The maximum Gasteiger partial charge on any atom is 0.231 e. The normalized spacial score (nSPS) is 18.1. The van der Waals surface area contributed by atoms with Gasteiger partial charge in [0.15, 0.2) is 11.5 Å². The fourth-order valence-corrected chi connectivity index (χ4v) is 3.12. The van der Waals surface area contributed by atoms with Gasteiger partial charge in [-0.15, -0.1) is 0 Å². The zero-order valence-electron chi connectivity index (χ0n) is 12.4. The van der Waals surface area contributed by atoms with Crippen molar-refractivity contribution < 1.29 is 14.6 Å². The van der Waals surface area contributed by atoms with Crippen molar-refractivity contribution in [3.63, 3.8) is 0 Å². The first-order valence-electron chi connectivity index (χ1n) is 7.62. The second kappa shape index (κ2) is 5.62. The SMILES string of the molecule is OCCN1CCN(c2nccc3cc4c(cc23)OCO4)CC1. The summed E-state index contributed by atoms with van der Waals surface area (Å²) in [6.07, 6.45) is 1.85. The molecule has 0 radical (unpaired) electrons. The van der Waals surface area contributed by atoms with Crippen molar-refractivity contribution in [2.45, 2.75) is 0 Å². The van der Waals surface area contributed by atoms with Crippen LogP contribution in [-0.4, -0.2) is 61.1 Å². The number of pyridine rings is 1. The number of hydrogen-bond donors (Lipinski definition) is 1. The first kappa shape index (κ1) is 13.6. The second-order valence-corrected chi connectivity index (χ2v) is 5.61. The highest BCUT2D eigenvalue weighted by molar-refractivity contribution is 5.94. The minimum atomic E-state index is 0.218. The van der Waals surface area contributed by atoms with Gasteiger partial charge in [0.05, 0.1) is 6.61 Å². The first-order chi connectivity index (χ1) is 10.8. The molecule has 1 aromatic carbocycles. The van der Waals surface area contributed by atoms with Crippen molar-refractivity contribution in [1.82, 2.24) is 9.88 Å². The van der Waals surface area contributed by atoms with Crippen molar-refractivity contribution in [3.05, 3.63) is 24.4 Å². The molecule has 4 rings (SSSR count). The second-order valence-electron chi connectivity index (χ2n) is 5.61. The zero-order valence-corrected chi connectivity index (χ0v) is 12.4. The molecule has 0 unspecified atom stereocenters. The largest absolute Gasteiger partial charge is 0.454 e. The lowest BCUT2D eigenvalue weighted by atomic mass is 10.1. The molecule has 6 nitrogen and oxygen atoms in total. The first-order valence-corrected chi connectivity index (χ1v) is 7.62. The Bertz CT molecular complexity index is 684. The quantitative estimate of drug-likeness (QED) is 0.915. The number of piperazine rings is 1. The minimum Gasteiger partial charge on any atom is -0.454 e. The fraction of sp³-hybridized carbons (Fsp3) is 0.438. The smallest absolute Gasteiger partial charge is 0.231 e. The van der Waals surface area contributed by atoms with E-state index in [2.05, 4.69) is 14.8 Å². The van der Waals surface area contributed by atoms with Gasteiger partial charge in [0.1, 0.15) is 5.82 Å². The Kier molecular flexibility index (Phi) is 3.48. The number of aliphatic hydroxyl groups excluding tert-OH is 1. The highest BCUT2D eigenvalue weighted by Crippen LogP contribution is 2.38. The Morgan fingerprint density at radius 3 is 2.64 bits per heavy atom. The molecule has 6 heteroatoms. The van der Waals surface area contributed by atoms with E-state index in [1.54, 1.807) is 0 Å². The van der Waals surface area contributed by atoms with Crippen molar-refractivity contribution in [3.8, 4) is 11.5 Å². The van der Waals surface area contributed by atoms with Gasteiger partial charge in [0.2, 0.25) is 6.79 Å². The Hall–Kier alpha value is -2.05. The van der Waals surface area contributed by atoms with Gasteiger partial charge in [-0.3, -0.25) is 4.90 Å². The summed E-state index contributed by atoms with van der Waals surface area (Å²) in [5.41, 5.74) is 0. The lowest BCUT2D eigenvalue weighted by molar-refractivity contribution is 0.174. The number of hydrogen-bond acceptors (Lipinski definition) is 6. The zero-order chi connectivity index (χ0) is 14.9. The Morgan fingerprint density at radius 2 is 1.86 bits per heavy atom. The molecule has 116 valence electrons. The maximum atomic E-state index is 9.04. The molecule has 1 aromatic heterocycles. The van der Waals surface area contributed by atoms with Gasteiger partial charge in [-0.1, -0.05) is 0 Å². The van der Waals surface area contributed by atoms with E-state index in [1.807, 2.05) is 24.4 Å². The summed E-state index contributed by atoms with van der Waals surface area (Å²) in [4.78, 5) is 9.17. The summed E-state index contributed by atoms with van der Waals surface area (Å²) >= 11 is 0. The minimum absolute atomic E-state index is 0.218. The van der Waals surface area contributed by atoms with Crippen molar-refractivity contribution >= 4 is 16.6 Å². The Balaban J connectivity index is 1.65. The number of fused-ring (bicyclic) bond motifs is 2. The number of benzene rings is 1. The molecule has 0 amide bonds. The van der Waals surface area contributed by atoms with E-state index in [-0.39, 0.29) is 13.4 Å². The van der Waals surface area contributed by atoms with Crippen LogP contribution in [0, 0.1) is 0 Å². The molecule has 22 heavy (non-hydrogen) atoms. The van der Waals surface area contributed by atoms with Crippen LogP contribution in [0.5, 0.6) is 11.5 Å². The molecular weight excluding hydrogens is 282 g/mol. The van der Waals surface area contributed by atoms with Gasteiger partial charge in [-0.05, 0) is 23.6 Å². The molecule has 1 N–H and O–H groups in total. The van der Waals surface area contributed by atoms with Crippen LogP contribution in [0.3, 0.4) is 0 Å². The standard InChI is InChI=1S/C16H19N3O3/c20-8-7-18-3-5-19(6-4-18)16-13-10-15-14(21-11-22-15)9-12(13)1-2-17-16/h1-2,9-10,20H,3-8,11H2. The average molecular weight is 301 g/mol. The molecule has 2 aliphatic rings. The molecule has 2 aliphatic heterocycles. The van der Waals surface area contributed by atoms with Gasteiger partial charge in [-0.2, -0.15) is 0 Å². The Labute approximate surface area is 128 Å². The van der Waals surface area contributed by atoms with Gasteiger partial charge < -0.3 is 19.5 Å². The number of aliphatic hydroxyl groups is 1. The van der Waals surface area contributed by atoms with Crippen LogP contribution in [0.1, 0.15) is 0 Å². The summed E-state index contributed by atoms with van der Waals surface area (Å²) < 4.78 is 10.9. The third-order valence-electron chi connectivity index (χ3n) is 4.32. The van der Waals surface area contributed by atoms with E-state index >= 15 is 0 Å². The summed E-state index contributed by atoms with van der Waals surface area (Å²) in [5, 5.41) is 11.3. The van der Waals surface area contributed by atoms with Gasteiger partial charge >= 0.3 is 0 Å². The molecule has 1 fully saturated rings. The lowest BCUT2D eigenvalue weighted by Crippen LogP contribution is -2.47. The topological polar surface area (TPSA) is 58.1 Å². The van der Waals surface area contributed by atoms with Crippen LogP contribution in [0.15, 0.2) is 24.4 Å². The molecule has 0 atom stereocenters. The van der Waals surface area contributed by atoms with Gasteiger partial charge in [0.25, 0.3) is 0 Å². The summed E-state index contributed by atoms with van der Waals surface area (Å²) in [6, 6.07) is 6.05. The Morgan fingerprint density at radius 1 is 1.09 bits per heavy atom. The van der Waals surface area contributed by atoms with E-state index in [0.29, 0.717) is 0 Å². The third-order valence-corrected chi connectivity index (χ3v) is 4.32. The number of β-amino-alcohol motifs (C(OH)–C–C–N with tert-alkyl or cyclic N) is 1. The van der Waals surface area contributed by atoms with Crippen LogP contribution in [0.4, 0.5) is 5.82 Å². The third kappa shape index (κ3) is 2.34. The molecule has 0 spiro atoms. The summed E-state index contributed by atoms with van der Waals surface area (Å²) in [6.45, 7) is 4.98. The van der Waals surface area contributed by atoms with E-state index < -0.39 is 0 Å². The van der Waals surface area contributed by atoms with E-state index in [9.17, 15) is 0 Å². The molecule has 0 bridgehead atoms. The lowest BCUT2D eigenvalue weighted by Gasteiger charge is -2.35. The number of nitrogens with zero attached hydrogens (tertiary/aromatic N) is 3. The van der Waals surface area contributed by atoms with Crippen LogP contribution in [-0.2, 0) is 0 Å². The number of anilines is 1. The van der Waals surface area contributed by atoms with Gasteiger partial charge in [-0.25, -0.2) is 4.98 Å². The van der Waals surface area contributed by atoms with Crippen molar-refractivity contribution in [1.29, 1.82) is 0 Å². The van der Waals surface area contributed by atoms with Crippen LogP contribution in [0.25, 0.3) is 10.8 Å². The maximum absolute atomic E-state index is 9.04. The predicted molar refractivity (Wildman–Crippen MR) is 83.6 cm³/mol. The van der Waals surface area contributed by atoms with Gasteiger partial charge in [0, 0.05) is 44.3 Å². The highest BCUT2D eigenvalue weighted by Gasteiger charge is 2.21. The highest BCUT2D eigenvalue weighted by atomic mass is 16.7. The summed E-state index contributed by atoms with van der Waals surface area (Å²) in [5.74, 6) is 2.59. The van der Waals surface area contributed by atoms with Crippen molar-refractivity contribution in [2.75, 3.05) is 51.0 Å². The van der Waals surface area contributed by atoms with Crippen LogP contribution in [0.2, 0.25) is 0 Å². The molecule has 0 aliphatic carbocycles. The molecule has 1 saturated heterocycles. The number of aromatic nitrogens is 1. The molecule has 2 aromatic rings. The summed E-state index contributed by atoms with van der Waals surface area (Å²) in [7, 11) is 0. The van der Waals surface area contributed by atoms with E-state index in [0.717, 1.165) is 60.8 Å². The monoisotopic (exact) mass is 301 g/mol. The number of ether oxygens (including phenoxy) is 2.